The highest BCUT2D eigenvalue weighted by atomic mass is 16.4. The van der Waals surface area contributed by atoms with E-state index in [4.69, 9.17) is 0 Å². The number of pyridine rings is 1. The van der Waals surface area contributed by atoms with Crippen molar-refractivity contribution in [2.75, 3.05) is 0 Å². The fourth-order valence-corrected chi connectivity index (χ4v) is 2.62. The molecule has 0 spiro atoms. The standard InChI is InChI=1S/C20H23N3O4/c1-2-7-16(20(26)27)22-19(25)17(12-14-8-4-3-5-9-14)23-18(24)15-10-6-11-21-13-15/h3-6,8-11,13,16-17H,2,7,12H2,1H3,(H,22,25)(H,23,24)(H,26,27). The molecular weight excluding hydrogens is 346 g/mol. The van der Waals surface area contributed by atoms with Crippen LogP contribution in [0.1, 0.15) is 35.7 Å². The minimum Gasteiger partial charge on any atom is -0.480 e. The van der Waals surface area contributed by atoms with Crippen molar-refractivity contribution in [3.05, 3.63) is 66.0 Å². The number of benzene rings is 1. The largest absolute Gasteiger partial charge is 0.480 e. The van der Waals surface area contributed by atoms with Crippen molar-refractivity contribution in [1.29, 1.82) is 0 Å². The lowest BCUT2D eigenvalue weighted by Crippen LogP contribution is -2.52. The molecule has 2 unspecified atom stereocenters. The lowest BCUT2D eigenvalue weighted by Gasteiger charge is -2.21. The topological polar surface area (TPSA) is 108 Å². The monoisotopic (exact) mass is 369 g/mol. The Morgan fingerprint density at radius 2 is 1.78 bits per heavy atom. The van der Waals surface area contributed by atoms with Gasteiger partial charge in [0.25, 0.3) is 5.91 Å². The number of hydrogen-bond donors (Lipinski definition) is 3. The van der Waals surface area contributed by atoms with Crippen LogP contribution in [0, 0.1) is 0 Å². The van der Waals surface area contributed by atoms with Gasteiger partial charge < -0.3 is 15.7 Å². The van der Waals surface area contributed by atoms with Crippen molar-refractivity contribution < 1.29 is 19.5 Å². The lowest BCUT2D eigenvalue weighted by molar-refractivity contribution is -0.142. The zero-order valence-corrected chi connectivity index (χ0v) is 15.1. The normalized spacial score (nSPS) is 12.6. The number of carbonyl (C=O) groups is 3. The van der Waals surface area contributed by atoms with Crippen LogP contribution in [0.3, 0.4) is 0 Å². The first-order valence-electron chi connectivity index (χ1n) is 8.79. The summed E-state index contributed by atoms with van der Waals surface area (Å²) >= 11 is 0. The first kappa shape index (κ1) is 20.1. The maximum absolute atomic E-state index is 12.7. The summed E-state index contributed by atoms with van der Waals surface area (Å²) in [7, 11) is 0. The molecule has 0 aliphatic heterocycles. The molecule has 7 heteroatoms. The smallest absolute Gasteiger partial charge is 0.326 e. The molecule has 3 N–H and O–H groups in total. The molecule has 142 valence electrons. The van der Waals surface area contributed by atoms with E-state index in [1.807, 2.05) is 37.3 Å². The zero-order chi connectivity index (χ0) is 19.6. The van der Waals surface area contributed by atoms with Gasteiger partial charge in [-0.05, 0) is 24.1 Å². The maximum atomic E-state index is 12.7. The molecule has 1 aromatic heterocycles. The number of hydrogen-bond acceptors (Lipinski definition) is 4. The maximum Gasteiger partial charge on any atom is 0.326 e. The summed E-state index contributed by atoms with van der Waals surface area (Å²) < 4.78 is 0. The van der Waals surface area contributed by atoms with Crippen molar-refractivity contribution in [3.63, 3.8) is 0 Å². The highest BCUT2D eigenvalue weighted by molar-refractivity contribution is 5.98. The highest BCUT2D eigenvalue weighted by Gasteiger charge is 2.26. The van der Waals surface area contributed by atoms with Gasteiger partial charge in [0.15, 0.2) is 0 Å². The van der Waals surface area contributed by atoms with E-state index in [0.717, 1.165) is 5.56 Å². The third kappa shape index (κ3) is 6.22. The molecular formula is C20H23N3O4. The number of carbonyl (C=O) groups excluding carboxylic acids is 2. The van der Waals surface area contributed by atoms with Gasteiger partial charge in [0.05, 0.1) is 5.56 Å². The van der Waals surface area contributed by atoms with E-state index < -0.39 is 29.9 Å². The van der Waals surface area contributed by atoms with E-state index >= 15 is 0 Å². The molecule has 2 rings (SSSR count). The number of carboxylic acids is 1. The summed E-state index contributed by atoms with van der Waals surface area (Å²) in [6.45, 7) is 1.84. The quantitative estimate of drug-likeness (QED) is 0.624. The van der Waals surface area contributed by atoms with Crippen LogP contribution in [-0.2, 0) is 16.0 Å². The van der Waals surface area contributed by atoms with Gasteiger partial charge >= 0.3 is 5.97 Å². The summed E-state index contributed by atoms with van der Waals surface area (Å²) in [4.78, 5) is 40.4. The Labute approximate surface area is 157 Å². The van der Waals surface area contributed by atoms with Crippen molar-refractivity contribution in [1.82, 2.24) is 15.6 Å². The van der Waals surface area contributed by atoms with Crippen molar-refractivity contribution in [2.45, 2.75) is 38.3 Å². The SMILES string of the molecule is CCCC(NC(=O)C(Cc1ccccc1)NC(=O)c1cccnc1)C(=O)O. The molecule has 0 aliphatic rings. The molecule has 1 aromatic carbocycles. The second-order valence-electron chi connectivity index (χ2n) is 6.15. The van der Waals surface area contributed by atoms with Gasteiger partial charge in [-0.15, -0.1) is 0 Å². The predicted octanol–water partition coefficient (Wildman–Crippen LogP) is 1.79. The molecule has 0 bridgehead atoms. The van der Waals surface area contributed by atoms with Gasteiger partial charge in [0, 0.05) is 18.8 Å². The molecule has 0 aliphatic carbocycles. The third-order valence-corrected chi connectivity index (χ3v) is 4.02. The van der Waals surface area contributed by atoms with Gasteiger partial charge in [0.1, 0.15) is 12.1 Å². The Bertz CT molecular complexity index is 765. The molecule has 0 saturated heterocycles. The minimum atomic E-state index is -1.10. The number of rotatable bonds is 9. The van der Waals surface area contributed by atoms with Crippen LogP contribution >= 0.6 is 0 Å². The van der Waals surface area contributed by atoms with Crippen LogP contribution < -0.4 is 10.6 Å². The molecule has 0 saturated carbocycles. The van der Waals surface area contributed by atoms with Crippen molar-refractivity contribution in [2.24, 2.45) is 0 Å². The first-order chi connectivity index (χ1) is 13.0. The number of nitrogens with zero attached hydrogens (tertiary/aromatic N) is 1. The van der Waals surface area contributed by atoms with Gasteiger partial charge in [0.2, 0.25) is 5.91 Å². The highest BCUT2D eigenvalue weighted by Crippen LogP contribution is 2.07. The van der Waals surface area contributed by atoms with E-state index in [1.54, 1.807) is 18.3 Å². The van der Waals surface area contributed by atoms with Crippen LogP contribution in [0.4, 0.5) is 0 Å². The fraction of sp³-hybridized carbons (Fsp3) is 0.300. The summed E-state index contributed by atoms with van der Waals surface area (Å²) in [6, 6.07) is 10.5. The summed E-state index contributed by atoms with van der Waals surface area (Å²) in [5.41, 5.74) is 1.18. The lowest BCUT2D eigenvalue weighted by atomic mass is 10.0. The summed E-state index contributed by atoms with van der Waals surface area (Å²) in [5, 5.41) is 14.5. The van der Waals surface area contributed by atoms with Crippen molar-refractivity contribution >= 4 is 17.8 Å². The average Bonchev–Trinajstić information content (AvgIpc) is 2.68. The van der Waals surface area contributed by atoms with Gasteiger partial charge in [-0.1, -0.05) is 43.7 Å². The fourth-order valence-electron chi connectivity index (χ4n) is 2.62. The second-order valence-corrected chi connectivity index (χ2v) is 6.15. The number of aliphatic carboxylic acids is 1. The number of aromatic nitrogens is 1. The van der Waals surface area contributed by atoms with Crippen LogP contribution in [0.2, 0.25) is 0 Å². The molecule has 0 fully saturated rings. The van der Waals surface area contributed by atoms with Crippen LogP contribution in [0.5, 0.6) is 0 Å². The zero-order valence-electron chi connectivity index (χ0n) is 15.1. The Kier molecular flexibility index (Phi) is 7.49. The van der Waals surface area contributed by atoms with Crippen LogP contribution in [0.15, 0.2) is 54.9 Å². The van der Waals surface area contributed by atoms with Gasteiger partial charge in [-0.25, -0.2) is 4.79 Å². The van der Waals surface area contributed by atoms with Crippen LogP contribution in [0.25, 0.3) is 0 Å². The van der Waals surface area contributed by atoms with Gasteiger partial charge in [-0.3, -0.25) is 14.6 Å². The van der Waals surface area contributed by atoms with Gasteiger partial charge in [-0.2, -0.15) is 0 Å². The third-order valence-electron chi connectivity index (χ3n) is 4.02. The Morgan fingerprint density at radius 3 is 2.37 bits per heavy atom. The van der Waals surface area contributed by atoms with E-state index in [2.05, 4.69) is 15.6 Å². The predicted molar refractivity (Wildman–Crippen MR) is 100 cm³/mol. The van der Waals surface area contributed by atoms with E-state index in [0.29, 0.717) is 18.4 Å². The molecule has 2 amide bonds. The van der Waals surface area contributed by atoms with E-state index in [1.165, 1.54) is 6.20 Å². The van der Waals surface area contributed by atoms with E-state index in [9.17, 15) is 19.5 Å². The molecule has 2 aromatic rings. The Balaban J connectivity index is 2.16. The molecule has 7 nitrogen and oxygen atoms in total. The minimum absolute atomic E-state index is 0.247. The molecule has 0 radical (unpaired) electrons. The van der Waals surface area contributed by atoms with Crippen LogP contribution in [-0.4, -0.2) is 40.0 Å². The Hall–Kier alpha value is -3.22. The first-order valence-corrected chi connectivity index (χ1v) is 8.79. The number of carboxylic acid groups (broad SMARTS) is 1. The molecule has 1 heterocycles. The second kappa shape index (κ2) is 10.1. The van der Waals surface area contributed by atoms with Crippen molar-refractivity contribution in [3.8, 4) is 0 Å². The number of amides is 2. The number of nitrogens with one attached hydrogen (secondary N) is 2. The summed E-state index contributed by atoms with van der Waals surface area (Å²) in [6.07, 6.45) is 4.13. The molecule has 27 heavy (non-hydrogen) atoms. The van der Waals surface area contributed by atoms with E-state index in [-0.39, 0.29) is 6.42 Å². The Morgan fingerprint density at radius 1 is 1.04 bits per heavy atom. The molecule has 2 atom stereocenters. The average molecular weight is 369 g/mol. The summed E-state index contributed by atoms with van der Waals surface area (Å²) in [5.74, 6) is -2.07.